The summed E-state index contributed by atoms with van der Waals surface area (Å²) in [6.07, 6.45) is 5.24. The van der Waals surface area contributed by atoms with Crippen molar-refractivity contribution in [1.29, 1.82) is 0 Å². The first kappa shape index (κ1) is 13.7. The summed E-state index contributed by atoms with van der Waals surface area (Å²) in [5, 5.41) is 0.756. The fourth-order valence-electron chi connectivity index (χ4n) is 3.47. The number of guanidine groups is 1. The highest BCUT2D eigenvalue weighted by molar-refractivity contribution is 6.30. The lowest BCUT2D eigenvalue weighted by molar-refractivity contribution is 0.261. The standard InChI is InChI=1S/C16H22ClN3/c1-11-2-4-12(5-3-11)15-10-19-16(18)20(15)14-8-6-13(17)7-9-14/h6-9,11-12,15H,2-5,10H2,1H3,(H2,18,19). The van der Waals surface area contributed by atoms with Gasteiger partial charge >= 0.3 is 0 Å². The van der Waals surface area contributed by atoms with Crippen molar-refractivity contribution in [1.82, 2.24) is 0 Å². The molecule has 0 radical (unpaired) electrons. The summed E-state index contributed by atoms with van der Waals surface area (Å²) in [7, 11) is 0. The summed E-state index contributed by atoms with van der Waals surface area (Å²) in [6.45, 7) is 3.18. The lowest BCUT2D eigenvalue weighted by Crippen LogP contribution is -2.45. The molecule has 20 heavy (non-hydrogen) atoms. The SMILES string of the molecule is CC1CCC(C2CN=C(N)N2c2ccc(Cl)cc2)CC1. The molecule has 2 aliphatic rings. The molecular weight excluding hydrogens is 270 g/mol. The predicted octanol–water partition coefficient (Wildman–Crippen LogP) is 3.67. The Hall–Kier alpha value is -1.22. The van der Waals surface area contributed by atoms with Crippen molar-refractivity contribution < 1.29 is 0 Å². The fourth-order valence-corrected chi connectivity index (χ4v) is 3.60. The number of nitrogens with zero attached hydrogens (tertiary/aromatic N) is 2. The quantitative estimate of drug-likeness (QED) is 0.903. The lowest BCUT2D eigenvalue weighted by atomic mass is 9.79. The zero-order valence-corrected chi connectivity index (χ0v) is 12.7. The Bertz CT molecular complexity index is 489. The average molecular weight is 292 g/mol. The Morgan fingerprint density at radius 2 is 1.80 bits per heavy atom. The van der Waals surface area contributed by atoms with Gasteiger partial charge in [0.1, 0.15) is 0 Å². The summed E-state index contributed by atoms with van der Waals surface area (Å²) in [5.41, 5.74) is 7.22. The highest BCUT2D eigenvalue weighted by Gasteiger charge is 2.35. The highest BCUT2D eigenvalue weighted by Crippen LogP contribution is 2.35. The van der Waals surface area contributed by atoms with E-state index in [2.05, 4.69) is 16.8 Å². The van der Waals surface area contributed by atoms with Crippen LogP contribution in [-0.2, 0) is 0 Å². The van der Waals surface area contributed by atoms with Crippen LogP contribution in [0.1, 0.15) is 32.6 Å². The van der Waals surface area contributed by atoms with E-state index in [9.17, 15) is 0 Å². The van der Waals surface area contributed by atoms with Crippen molar-refractivity contribution in [2.75, 3.05) is 11.4 Å². The molecule has 1 fully saturated rings. The second-order valence-electron chi connectivity index (χ2n) is 6.13. The van der Waals surface area contributed by atoms with Gasteiger partial charge in [0.2, 0.25) is 0 Å². The molecule has 1 aliphatic heterocycles. The van der Waals surface area contributed by atoms with Gasteiger partial charge in [0.25, 0.3) is 0 Å². The summed E-state index contributed by atoms with van der Waals surface area (Å²) in [6, 6.07) is 8.33. The van der Waals surface area contributed by atoms with E-state index in [1.807, 2.05) is 24.3 Å². The van der Waals surface area contributed by atoms with E-state index in [4.69, 9.17) is 17.3 Å². The number of aliphatic imine (C=N–C) groups is 1. The molecule has 2 N–H and O–H groups in total. The molecule has 0 bridgehead atoms. The van der Waals surface area contributed by atoms with Gasteiger partial charge in [0.05, 0.1) is 12.6 Å². The summed E-state index contributed by atoms with van der Waals surface area (Å²) in [4.78, 5) is 6.68. The van der Waals surface area contributed by atoms with Crippen LogP contribution < -0.4 is 10.6 Å². The fraction of sp³-hybridized carbons (Fsp3) is 0.562. The number of rotatable bonds is 2. The van der Waals surface area contributed by atoms with Crippen molar-refractivity contribution in [2.24, 2.45) is 22.6 Å². The van der Waals surface area contributed by atoms with Crippen LogP contribution in [0.25, 0.3) is 0 Å². The van der Waals surface area contributed by atoms with E-state index in [0.717, 1.165) is 23.2 Å². The zero-order chi connectivity index (χ0) is 14.1. The maximum Gasteiger partial charge on any atom is 0.196 e. The molecule has 1 aromatic rings. The van der Waals surface area contributed by atoms with Crippen LogP contribution >= 0.6 is 11.6 Å². The number of hydrogen-bond acceptors (Lipinski definition) is 3. The minimum Gasteiger partial charge on any atom is -0.370 e. The molecular formula is C16H22ClN3. The number of nitrogens with two attached hydrogens (primary N) is 1. The van der Waals surface area contributed by atoms with Crippen LogP contribution in [0.4, 0.5) is 5.69 Å². The molecule has 1 saturated carbocycles. The van der Waals surface area contributed by atoms with Gasteiger partial charge in [-0.2, -0.15) is 0 Å². The summed E-state index contributed by atoms with van der Waals surface area (Å²) in [5.74, 6) is 2.22. The largest absolute Gasteiger partial charge is 0.370 e. The molecule has 108 valence electrons. The molecule has 0 saturated heterocycles. The molecule has 1 aromatic carbocycles. The van der Waals surface area contributed by atoms with Gasteiger partial charge in [-0.3, -0.25) is 4.99 Å². The minimum absolute atomic E-state index is 0.420. The Kier molecular flexibility index (Phi) is 3.88. The van der Waals surface area contributed by atoms with Gasteiger partial charge in [0, 0.05) is 10.7 Å². The molecule has 0 spiro atoms. The van der Waals surface area contributed by atoms with Crippen LogP contribution in [0.2, 0.25) is 5.02 Å². The molecule has 0 amide bonds. The summed E-state index contributed by atoms with van der Waals surface area (Å²) < 4.78 is 0. The lowest BCUT2D eigenvalue weighted by Gasteiger charge is -2.36. The number of benzene rings is 1. The Labute approximate surface area is 125 Å². The predicted molar refractivity (Wildman–Crippen MR) is 85.3 cm³/mol. The van der Waals surface area contributed by atoms with Crippen LogP contribution in [-0.4, -0.2) is 18.5 Å². The maximum absolute atomic E-state index is 6.12. The molecule has 1 atom stereocenters. The molecule has 0 aromatic heterocycles. The summed E-state index contributed by atoms with van der Waals surface area (Å²) >= 11 is 5.98. The third-order valence-electron chi connectivity index (χ3n) is 4.73. The van der Waals surface area contributed by atoms with Crippen LogP contribution in [0.5, 0.6) is 0 Å². The van der Waals surface area contributed by atoms with Gasteiger partial charge in [-0.15, -0.1) is 0 Å². The molecule has 1 heterocycles. The van der Waals surface area contributed by atoms with Gasteiger partial charge in [0.15, 0.2) is 5.96 Å². The van der Waals surface area contributed by atoms with Crippen molar-refractivity contribution in [2.45, 2.75) is 38.6 Å². The van der Waals surface area contributed by atoms with E-state index in [1.54, 1.807) is 0 Å². The van der Waals surface area contributed by atoms with Crippen LogP contribution in [0.15, 0.2) is 29.3 Å². The van der Waals surface area contributed by atoms with E-state index in [1.165, 1.54) is 25.7 Å². The first-order valence-electron chi connectivity index (χ1n) is 7.50. The molecule has 4 heteroatoms. The van der Waals surface area contributed by atoms with E-state index in [-0.39, 0.29) is 0 Å². The molecule has 3 rings (SSSR count). The molecule has 1 aliphatic carbocycles. The van der Waals surface area contributed by atoms with E-state index < -0.39 is 0 Å². The van der Waals surface area contributed by atoms with Crippen molar-refractivity contribution >= 4 is 23.2 Å². The molecule has 1 unspecified atom stereocenters. The molecule has 3 nitrogen and oxygen atoms in total. The first-order chi connectivity index (χ1) is 9.65. The minimum atomic E-state index is 0.420. The first-order valence-corrected chi connectivity index (χ1v) is 7.87. The van der Waals surface area contributed by atoms with Crippen molar-refractivity contribution in [3.63, 3.8) is 0 Å². The number of halogens is 1. The normalized spacial score (nSPS) is 30.4. The van der Waals surface area contributed by atoms with Gasteiger partial charge in [-0.05, 0) is 48.9 Å². The van der Waals surface area contributed by atoms with Crippen molar-refractivity contribution in [3.05, 3.63) is 29.3 Å². The topological polar surface area (TPSA) is 41.6 Å². The third kappa shape index (κ3) is 2.64. The number of anilines is 1. The van der Waals surface area contributed by atoms with Gasteiger partial charge in [-0.25, -0.2) is 0 Å². The van der Waals surface area contributed by atoms with Gasteiger partial charge < -0.3 is 10.6 Å². The van der Waals surface area contributed by atoms with E-state index in [0.29, 0.717) is 17.9 Å². The Balaban J connectivity index is 1.79. The maximum atomic E-state index is 6.12. The average Bonchev–Trinajstić information content (AvgIpc) is 2.83. The second kappa shape index (κ2) is 5.65. The monoisotopic (exact) mass is 291 g/mol. The third-order valence-corrected chi connectivity index (χ3v) is 4.98. The Morgan fingerprint density at radius 1 is 1.15 bits per heavy atom. The van der Waals surface area contributed by atoms with Crippen LogP contribution in [0, 0.1) is 11.8 Å². The smallest absolute Gasteiger partial charge is 0.196 e. The number of hydrogen-bond donors (Lipinski definition) is 1. The van der Waals surface area contributed by atoms with Gasteiger partial charge in [-0.1, -0.05) is 31.4 Å². The zero-order valence-electron chi connectivity index (χ0n) is 11.9. The highest BCUT2D eigenvalue weighted by atomic mass is 35.5. The Morgan fingerprint density at radius 3 is 2.45 bits per heavy atom. The van der Waals surface area contributed by atoms with Crippen molar-refractivity contribution in [3.8, 4) is 0 Å². The second-order valence-corrected chi connectivity index (χ2v) is 6.57. The van der Waals surface area contributed by atoms with E-state index >= 15 is 0 Å². The van der Waals surface area contributed by atoms with Crippen LogP contribution in [0.3, 0.4) is 0 Å².